The van der Waals surface area contributed by atoms with Gasteiger partial charge in [0.05, 0.1) is 11.0 Å². The number of aliphatic hydroxyl groups is 1. The van der Waals surface area contributed by atoms with Gasteiger partial charge in [-0.25, -0.2) is 0 Å². The van der Waals surface area contributed by atoms with E-state index in [0.717, 1.165) is 32.4 Å². The molecular formula is C32H39NO4. The number of methoxy groups -OCH3 is 1. The molecule has 1 saturated carbocycles. The van der Waals surface area contributed by atoms with Crippen molar-refractivity contribution in [3.05, 3.63) is 71.3 Å². The molecule has 2 spiro atoms. The van der Waals surface area contributed by atoms with E-state index in [2.05, 4.69) is 74.2 Å². The molecule has 1 saturated heterocycles. The predicted molar refractivity (Wildman–Crippen MR) is 143 cm³/mol. The molecule has 5 nitrogen and oxygen atoms in total. The first kappa shape index (κ1) is 23.8. The highest BCUT2D eigenvalue weighted by molar-refractivity contribution is 5.65. The van der Waals surface area contributed by atoms with Gasteiger partial charge in [0.25, 0.3) is 0 Å². The number of nitrogens with zero attached hydrogens (tertiary/aromatic N) is 1. The number of piperidine rings is 1. The number of phenols is 1. The molecule has 6 aliphatic rings. The largest absolute Gasteiger partial charge is 0.504 e. The van der Waals surface area contributed by atoms with Crippen LogP contribution in [0.15, 0.2) is 54.6 Å². The Kier molecular flexibility index (Phi) is 4.62. The highest BCUT2D eigenvalue weighted by Gasteiger charge is 2.81. The van der Waals surface area contributed by atoms with Gasteiger partial charge in [-0.2, -0.15) is 0 Å². The van der Waals surface area contributed by atoms with Gasteiger partial charge in [-0.15, -0.1) is 0 Å². The van der Waals surface area contributed by atoms with Crippen LogP contribution in [0.4, 0.5) is 0 Å². The minimum Gasteiger partial charge on any atom is -0.504 e. The summed E-state index contributed by atoms with van der Waals surface area (Å²) in [5.41, 5.74) is 1.16. The Morgan fingerprint density at radius 1 is 1.08 bits per heavy atom. The van der Waals surface area contributed by atoms with Gasteiger partial charge in [0, 0.05) is 36.6 Å². The van der Waals surface area contributed by atoms with Crippen molar-refractivity contribution >= 4 is 0 Å². The Balaban J connectivity index is 1.46. The molecule has 2 aromatic carbocycles. The van der Waals surface area contributed by atoms with Crippen molar-refractivity contribution in [2.45, 2.75) is 82.3 Å². The van der Waals surface area contributed by atoms with E-state index in [4.69, 9.17) is 9.47 Å². The van der Waals surface area contributed by atoms with Crippen LogP contribution in [0.2, 0.25) is 0 Å². The smallest absolute Gasteiger partial charge is 0.165 e. The summed E-state index contributed by atoms with van der Waals surface area (Å²) < 4.78 is 13.4. The highest BCUT2D eigenvalue weighted by atomic mass is 16.6. The number of fused-ring (bicyclic) bond motifs is 1. The lowest BCUT2D eigenvalue weighted by Crippen LogP contribution is -2.81. The summed E-state index contributed by atoms with van der Waals surface area (Å²) in [5, 5.41) is 23.3. The minimum atomic E-state index is -0.999. The summed E-state index contributed by atoms with van der Waals surface area (Å²) in [6.45, 7) is 10.2. The van der Waals surface area contributed by atoms with Crippen LogP contribution in [0.25, 0.3) is 0 Å². The monoisotopic (exact) mass is 501 g/mol. The van der Waals surface area contributed by atoms with Crippen LogP contribution < -0.4 is 4.74 Å². The van der Waals surface area contributed by atoms with Crippen molar-refractivity contribution in [1.29, 1.82) is 0 Å². The lowest BCUT2D eigenvalue weighted by atomic mass is 9.35. The van der Waals surface area contributed by atoms with Gasteiger partial charge in [0.15, 0.2) is 11.5 Å². The molecule has 7 atom stereocenters. The number of ether oxygens (including phenoxy) is 2. The number of hydrogen-bond donors (Lipinski definition) is 2. The van der Waals surface area contributed by atoms with Gasteiger partial charge in [-0.1, -0.05) is 69.3 Å². The quantitative estimate of drug-likeness (QED) is 0.579. The van der Waals surface area contributed by atoms with Crippen LogP contribution in [-0.4, -0.2) is 52.1 Å². The predicted octanol–water partition coefficient (Wildman–Crippen LogP) is 4.98. The SMILES string of the molecule is CO[C@@]12C=C[C@]3(C[C@@H]1[C@](C)(O)C(C)(C)C)[C@H]1Cc4ccc(O)c5c4[C@]3(CCN1Cc1ccccc1)[C@@H]2O5. The molecule has 37 heavy (non-hydrogen) atoms. The van der Waals surface area contributed by atoms with Crippen molar-refractivity contribution in [3.63, 3.8) is 0 Å². The highest BCUT2D eigenvalue weighted by Crippen LogP contribution is 2.76. The van der Waals surface area contributed by atoms with Gasteiger partial charge >= 0.3 is 0 Å². The second-order valence-electron chi connectivity index (χ2n) is 13.4. The van der Waals surface area contributed by atoms with E-state index in [1.54, 1.807) is 13.2 Å². The average Bonchev–Trinajstić information content (AvgIpc) is 3.24. The fraction of sp³-hybridized carbons (Fsp3) is 0.562. The van der Waals surface area contributed by atoms with E-state index in [9.17, 15) is 10.2 Å². The molecule has 0 radical (unpaired) electrons. The Morgan fingerprint density at radius 2 is 1.84 bits per heavy atom. The minimum absolute atomic E-state index is 0.162. The molecule has 8 rings (SSSR count). The Labute approximate surface area is 220 Å². The van der Waals surface area contributed by atoms with Crippen molar-refractivity contribution in [2.75, 3.05) is 13.7 Å². The summed E-state index contributed by atoms with van der Waals surface area (Å²) in [5.74, 6) is 0.695. The Bertz CT molecular complexity index is 1300. The van der Waals surface area contributed by atoms with Crippen LogP contribution in [-0.2, 0) is 23.1 Å². The topological polar surface area (TPSA) is 62.2 Å². The Hall–Kier alpha value is -2.34. The van der Waals surface area contributed by atoms with Crippen LogP contribution >= 0.6 is 0 Å². The van der Waals surface area contributed by atoms with E-state index in [-0.39, 0.29) is 40.1 Å². The third-order valence-electron chi connectivity index (χ3n) is 11.3. The molecule has 4 bridgehead atoms. The summed E-state index contributed by atoms with van der Waals surface area (Å²) in [4.78, 5) is 2.67. The maximum absolute atomic E-state index is 12.2. The summed E-state index contributed by atoms with van der Waals surface area (Å²) in [6, 6.07) is 14.9. The molecular weight excluding hydrogens is 462 g/mol. The van der Waals surface area contributed by atoms with Crippen LogP contribution in [0.3, 0.4) is 0 Å². The van der Waals surface area contributed by atoms with Crippen LogP contribution in [0, 0.1) is 16.7 Å². The first-order valence-corrected chi connectivity index (χ1v) is 13.8. The van der Waals surface area contributed by atoms with Crippen molar-refractivity contribution < 1.29 is 19.7 Å². The van der Waals surface area contributed by atoms with Gasteiger partial charge in [0.1, 0.15) is 11.7 Å². The van der Waals surface area contributed by atoms with Gasteiger partial charge in [-0.05, 0) is 55.3 Å². The average molecular weight is 502 g/mol. The molecule has 0 unspecified atom stereocenters. The van der Waals surface area contributed by atoms with E-state index >= 15 is 0 Å². The standard InChI is InChI=1S/C32H39NO4/c1-28(2,3)29(4,35)23-18-30-13-14-32(23,36-5)27-31(30)15-16-33(19-20-9-7-6-8-10-20)24(30)17-21-11-12-22(34)26(37-27)25(21)31/h6-14,23-24,27,34-35H,15-19H2,1-5H3/t23-,24-,27+,29+,30+,31-,32+/m1/s1. The zero-order chi connectivity index (χ0) is 26.0. The first-order chi connectivity index (χ1) is 17.5. The number of hydrogen-bond acceptors (Lipinski definition) is 5. The zero-order valence-corrected chi connectivity index (χ0v) is 22.6. The molecule has 2 aliphatic heterocycles. The molecule has 0 amide bonds. The lowest BCUT2D eigenvalue weighted by molar-refractivity contribution is -0.263. The fourth-order valence-corrected chi connectivity index (χ4v) is 9.10. The van der Waals surface area contributed by atoms with Gasteiger partial charge in [0.2, 0.25) is 0 Å². The third-order valence-corrected chi connectivity index (χ3v) is 11.3. The summed E-state index contributed by atoms with van der Waals surface area (Å²) in [7, 11) is 1.77. The van der Waals surface area contributed by atoms with E-state index < -0.39 is 11.2 Å². The van der Waals surface area contributed by atoms with Crippen LogP contribution in [0.5, 0.6) is 11.5 Å². The maximum atomic E-state index is 12.2. The molecule has 4 aliphatic carbocycles. The molecule has 2 aromatic rings. The molecule has 0 aromatic heterocycles. The fourth-order valence-electron chi connectivity index (χ4n) is 9.10. The van der Waals surface area contributed by atoms with E-state index in [1.807, 2.05) is 6.92 Å². The summed E-state index contributed by atoms with van der Waals surface area (Å²) in [6.07, 6.45) is 7.04. The molecule has 2 heterocycles. The number of phenolic OH excluding ortho intramolecular Hbond substituents is 1. The van der Waals surface area contributed by atoms with Crippen LogP contribution in [0.1, 0.15) is 57.2 Å². The second kappa shape index (κ2) is 7.19. The van der Waals surface area contributed by atoms with E-state index in [0.29, 0.717) is 5.75 Å². The van der Waals surface area contributed by atoms with Gasteiger partial charge < -0.3 is 19.7 Å². The van der Waals surface area contributed by atoms with Crippen molar-refractivity contribution in [1.82, 2.24) is 4.90 Å². The number of likely N-dealkylation sites (tertiary alicyclic amines) is 1. The Morgan fingerprint density at radius 3 is 2.54 bits per heavy atom. The molecule has 196 valence electrons. The number of aromatic hydroxyl groups is 1. The van der Waals surface area contributed by atoms with E-state index in [1.165, 1.54) is 16.7 Å². The van der Waals surface area contributed by atoms with Gasteiger partial charge in [-0.3, -0.25) is 4.90 Å². The second-order valence-corrected chi connectivity index (χ2v) is 13.4. The van der Waals surface area contributed by atoms with Crippen molar-refractivity contribution in [2.24, 2.45) is 16.7 Å². The first-order valence-electron chi connectivity index (χ1n) is 13.8. The number of benzene rings is 2. The normalized spacial score (nSPS) is 38.7. The molecule has 5 heteroatoms. The molecule has 2 N–H and O–H groups in total. The third kappa shape index (κ3) is 2.61. The maximum Gasteiger partial charge on any atom is 0.165 e. The lowest BCUT2D eigenvalue weighted by Gasteiger charge is -2.73. The number of rotatable bonds is 4. The van der Waals surface area contributed by atoms with Crippen molar-refractivity contribution in [3.8, 4) is 11.5 Å². The summed E-state index contributed by atoms with van der Waals surface area (Å²) >= 11 is 0. The zero-order valence-electron chi connectivity index (χ0n) is 22.6. The molecule has 2 fully saturated rings.